The van der Waals surface area contributed by atoms with Crippen LogP contribution >= 0.6 is 11.3 Å². The number of carbonyl (C=O) groups excluding carboxylic acids is 1. The summed E-state index contributed by atoms with van der Waals surface area (Å²) in [5.74, 6) is 0.752. The summed E-state index contributed by atoms with van der Waals surface area (Å²) < 4.78 is 0. The Morgan fingerprint density at radius 1 is 1.69 bits per heavy atom. The van der Waals surface area contributed by atoms with Crippen molar-refractivity contribution in [2.75, 3.05) is 0 Å². The van der Waals surface area contributed by atoms with Crippen LogP contribution in [0.2, 0.25) is 0 Å². The van der Waals surface area contributed by atoms with Gasteiger partial charge in [0.2, 0.25) is 0 Å². The molecule has 1 aliphatic rings. The first-order valence-corrected chi connectivity index (χ1v) is 5.53. The highest BCUT2D eigenvalue weighted by Crippen LogP contribution is 2.52. The molecule has 70 valence electrons. The van der Waals surface area contributed by atoms with Gasteiger partial charge in [-0.2, -0.15) is 0 Å². The van der Waals surface area contributed by atoms with Gasteiger partial charge in [0.15, 0.2) is 0 Å². The molecule has 1 heterocycles. The fourth-order valence-electron chi connectivity index (χ4n) is 1.72. The van der Waals surface area contributed by atoms with Crippen molar-refractivity contribution in [3.63, 3.8) is 0 Å². The predicted octanol–water partition coefficient (Wildman–Crippen LogP) is 2.91. The highest BCUT2D eigenvalue weighted by Gasteiger charge is 2.49. The minimum absolute atomic E-state index is 0.286. The van der Waals surface area contributed by atoms with Gasteiger partial charge in [-0.05, 0) is 23.3 Å². The van der Waals surface area contributed by atoms with Gasteiger partial charge in [0.1, 0.15) is 5.78 Å². The highest BCUT2D eigenvalue weighted by atomic mass is 32.1. The van der Waals surface area contributed by atoms with Gasteiger partial charge in [-0.1, -0.05) is 19.9 Å². The Hall–Kier alpha value is -0.630. The Morgan fingerprint density at radius 3 is 2.85 bits per heavy atom. The molecule has 1 aromatic rings. The van der Waals surface area contributed by atoms with Crippen molar-refractivity contribution in [1.82, 2.24) is 0 Å². The second kappa shape index (κ2) is 2.95. The number of thiophene rings is 1. The normalized spacial score (nSPS) is 24.3. The lowest BCUT2D eigenvalue weighted by atomic mass is 10.0. The molecule has 1 aliphatic carbocycles. The molecule has 0 aliphatic heterocycles. The van der Waals surface area contributed by atoms with E-state index in [0.29, 0.717) is 18.1 Å². The van der Waals surface area contributed by atoms with Crippen molar-refractivity contribution in [3.05, 3.63) is 22.4 Å². The summed E-state index contributed by atoms with van der Waals surface area (Å²) in [6.45, 7) is 4.34. The summed E-state index contributed by atoms with van der Waals surface area (Å²) in [6.07, 6.45) is 1.73. The predicted molar refractivity (Wildman–Crippen MR) is 54.9 cm³/mol. The Labute approximate surface area is 82.8 Å². The van der Waals surface area contributed by atoms with E-state index in [1.54, 1.807) is 11.3 Å². The first-order chi connectivity index (χ1) is 6.09. The Balaban J connectivity index is 1.94. The molecule has 13 heavy (non-hydrogen) atoms. The van der Waals surface area contributed by atoms with Gasteiger partial charge in [0, 0.05) is 17.2 Å². The van der Waals surface area contributed by atoms with Crippen molar-refractivity contribution in [1.29, 1.82) is 0 Å². The van der Waals surface area contributed by atoms with Crippen LogP contribution in [-0.2, 0) is 11.2 Å². The number of carbonyl (C=O) groups is 1. The summed E-state index contributed by atoms with van der Waals surface area (Å²) in [6, 6.07) is 4.04. The maximum absolute atomic E-state index is 11.7. The zero-order valence-corrected chi connectivity index (χ0v) is 8.86. The topological polar surface area (TPSA) is 17.1 Å². The van der Waals surface area contributed by atoms with E-state index in [1.807, 2.05) is 17.5 Å². The lowest BCUT2D eigenvalue weighted by molar-refractivity contribution is -0.120. The number of Topliss-reactive ketones (excluding diaryl/α,β-unsaturated/α-hetero) is 1. The van der Waals surface area contributed by atoms with E-state index < -0.39 is 0 Å². The molecule has 0 radical (unpaired) electrons. The summed E-state index contributed by atoms with van der Waals surface area (Å²) in [5, 5.41) is 2.03. The molecule has 0 bridgehead atoms. The van der Waals surface area contributed by atoms with E-state index >= 15 is 0 Å². The van der Waals surface area contributed by atoms with Crippen molar-refractivity contribution in [2.24, 2.45) is 11.3 Å². The summed E-state index contributed by atoms with van der Waals surface area (Å²) >= 11 is 1.68. The monoisotopic (exact) mass is 194 g/mol. The SMILES string of the molecule is CC1(C)CC1C(=O)Cc1cccs1. The lowest BCUT2D eigenvalue weighted by Gasteiger charge is -2.00. The van der Waals surface area contributed by atoms with E-state index in [2.05, 4.69) is 13.8 Å². The number of ketones is 1. The van der Waals surface area contributed by atoms with E-state index in [9.17, 15) is 4.79 Å². The van der Waals surface area contributed by atoms with Gasteiger partial charge in [-0.25, -0.2) is 0 Å². The van der Waals surface area contributed by atoms with Crippen LogP contribution in [0.15, 0.2) is 17.5 Å². The number of hydrogen-bond acceptors (Lipinski definition) is 2. The fourth-order valence-corrected chi connectivity index (χ4v) is 2.44. The van der Waals surface area contributed by atoms with E-state index in [4.69, 9.17) is 0 Å². The smallest absolute Gasteiger partial charge is 0.141 e. The minimum atomic E-state index is 0.286. The molecule has 2 rings (SSSR count). The second-order valence-electron chi connectivity index (χ2n) is 4.47. The van der Waals surface area contributed by atoms with Gasteiger partial charge in [-0.3, -0.25) is 4.79 Å². The van der Waals surface area contributed by atoms with Crippen molar-refractivity contribution in [2.45, 2.75) is 26.7 Å². The maximum atomic E-state index is 11.7. The molecular formula is C11H14OS. The first-order valence-electron chi connectivity index (χ1n) is 4.65. The molecule has 0 aromatic carbocycles. The molecule has 0 N–H and O–H groups in total. The second-order valence-corrected chi connectivity index (χ2v) is 5.50. The third kappa shape index (κ3) is 1.83. The first kappa shape index (κ1) is 8.95. The van der Waals surface area contributed by atoms with Crippen molar-refractivity contribution >= 4 is 17.1 Å². The standard InChI is InChI=1S/C11H14OS/c1-11(2)7-9(11)10(12)6-8-4-3-5-13-8/h3-5,9H,6-7H2,1-2H3. The minimum Gasteiger partial charge on any atom is -0.299 e. The van der Waals surface area contributed by atoms with Crippen molar-refractivity contribution in [3.8, 4) is 0 Å². The average molecular weight is 194 g/mol. The molecule has 1 nitrogen and oxygen atoms in total. The van der Waals surface area contributed by atoms with Gasteiger partial charge in [0.25, 0.3) is 0 Å². The van der Waals surface area contributed by atoms with Crippen LogP contribution in [0.25, 0.3) is 0 Å². The molecule has 1 fully saturated rings. The van der Waals surface area contributed by atoms with Crippen LogP contribution in [0.5, 0.6) is 0 Å². The molecular weight excluding hydrogens is 180 g/mol. The molecule has 0 saturated heterocycles. The third-order valence-electron chi connectivity index (χ3n) is 2.83. The molecule has 1 aromatic heterocycles. The maximum Gasteiger partial charge on any atom is 0.141 e. The Morgan fingerprint density at radius 2 is 2.38 bits per heavy atom. The Bertz CT molecular complexity index is 311. The van der Waals surface area contributed by atoms with Crippen LogP contribution < -0.4 is 0 Å². The lowest BCUT2D eigenvalue weighted by Crippen LogP contribution is -2.08. The van der Waals surface area contributed by atoms with Crippen LogP contribution in [-0.4, -0.2) is 5.78 Å². The summed E-state index contributed by atoms with van der Waals surface area (Å²) in [4.78, 5) is 12.9. The quantitative estimate of drug-likeness (QED) is 0.723. The van der Waals surface area contributed by atoms with Gasteiger partial charge < -0.3 is 0 Å². The van der Waals surface area contributed by atoms with Crippen LogP contribution in [0.1, 0.15) is 25.1 Å². The summed E-state index contributed by atoms with van der Waals surface area (Å²) in [7, 11) is 0. The van der Waals surface area contributed by atoms with Crippen LogP contribution in [0.4, 0.5) is 0 Å². The number of rotatable bonds is 3. The van der Waals surface area contributed by atoms with Crippen LogP contribution in [0.3, 0.4) is 0 Å². The van der Waals surface area contributed by atoms with Gasteiger partial charge in [-0.15, -0.1) is 11.3 Å². The third-order valence-corrected chi connectivity index (χ3v) is 3.71. The van der Waals surface area contributed by atoms with Gasteiger partial charge >= 0.3 is 0 Å². The molecule has 0 spiro atoms. The largest absolute Gasteiger partial charge is 0.299 e. The average Bonchev–Trinajstić information content (AvgIpc) is 2.49. The zero-order valence-electron chi connectivity index (χ0n) is 8.04. The zero-order chi connectivity index (χ0) is 9.47. The van der Waals surface area contributed by atoms with Crippen LogP contribution in [0, 0.1) is 11.3 Å². The van der Waals surface area contributed by atoms with Gasteiger partial charge in [0.05, 0.1) is 0 Å². The Kier molecular flexibility index (Phi) is 2.03. The van der Waals surface area contributed by atoms with E-state index in [1.165, 1.54) is 4.88 Å². The fraction of sp³-hybridized carbons (Fsp3) is 0.545. The molecule has 2 heteroatoms. The summed E-state index contributed by atoms with van der Waals surface area (Å²) in [5.41, 5.74) is 0.286. The van der Waals surface area contributed by atoms with E-state index in [0.717, 1.165) is 6.42 Å². The molecule has 0 amide bonds. The molecule has 1 unspecified atom stereocenters. The number of hydrogen-bond donors (Lipinski definition) is 0. The van der Waals surface area contributed by atoms with Crippen molar-refractivity contribution < 1.29 is 4.79 Å². The van der Waals surface area contributed by atoms with E-state index in [-0.39, 0.29) is 5.41 Å². The molecule has 1 saturated carbocycles. The molecule has 1 atom stereocenters. The highest BCUT2D eigenvalue weighted by molar-refractivity contribution is 7.10.